The molecular weight excluding hydrogens is 442 g/mol. The Balaban J connectivity index is 1.39. The lowest BCUT2D eigenvalue weighted by molar-refractivity contribution is -0.142. The molecule has 4 rings (SSSR count). The van der Waals surface area contributed by atoms with Gasteiger partial charge in [-0.15, -0.1) is 0 Å². The minimum Gasteiger partial charge on any atom is -0.466 e. The molecule has 0 unspecified atom stereocenters. The van der Waals surface area contributed by atoms with E-state index in [-0.39, 0.29) is 24.1 Å². The Morgan fingerprint density at radius 1 is 1.00 bits per heavy atom. The van der Waals surface area contributed by atoms with Crippen LogP contribution in [0, 0.1) is 6.92 Å². The third-order valence-corrected chi connectivity index (χ3v) is 5.18. The van der Waals surface area contributed by atoms with Crippen molar-refractivity contribution in [2.75, 3.05) is 11.9 Å². The number of fused-ring (bicyclic) bond motifs is 1. The Hall–Kier alpha value is -3.77. The molecule has 0 saturated carbocycles. The smallest absolute Gasteiger partial charge is 0.310 e. The lowest BCUT2D eigenvalue weighted by Gasteiger charge is -2.10. The number of hydrogen-bond donors (Lipinski definition) is 1. The molecule has 0 atom stereocenters. The van der Waals surface area contributed by atoms with E-state index in [1.807, 2.05) is 25.1 Å². The number of nitrogens with one attached hydrogen (secondary N) is 1. The number of carbonyl (C=O) groups is 2. The lowest BCUT2D eigenvalue weighted by atomic mass is 10.1. The van der Waals surface area contributed by atoms with Crippen LogP contribution in [0.2, 0.25) is 5.02 Å². The molecule has 7 heteroatoms. The standard InChI is InChI=1S/C26H22ClNO5/c1-3-31-25(29)14-17-5-11-23(21(27)13-17)32-20-8-6-19(7-9-20)28-26(30)24-15-18-12-16(2)4-10-22(18)33-24/h4-13,15H,3,14H2,1-2H3,(H,28,30). The number of esters is 1. The van der Waals surface area contributed by atoms with E-state index in [1.54, 1.807) is 55.5 Å². The maximum absolute atomic E-state index is 12.6. The van der Waals surface area contributed by atoms with Crippen LogP contribution >= 0.6 is 11.6 Å². The van der Waals surface area contributed by atoms with Gasteiger partial charge < -0.3 is 19.2 Å². The fourth-order valence-corrected chi connectivity index (χ4v) is 3.56. The average molecular weight is 464 g/mol. The summed E-state index contributed by atoms with van der Waals surface area (Å²) in [6, 6.07) is 19.5. The summed E-state index contributed by atoms with van der Waals surface area (Å²) in [5.41, 5.74) is 3.10. The quantitative estimate of drug-likeness (QED) is 0.314. The number of halogens is 1. The topological polar surface area (TPSA) is 77.8 Å². The normalized spacial score (nSPS) is 10.8. The van der Waals surface area contributed by atoms with E-state index in [0.29, 0.717) is 34.4 Å². The fourth-order valence-electron chi connectivity index (χ4n) is 3.32. The first-order valence-corrected chi connectivity index (χ1v) is 10.8. The molecule has 0 spiro atoms. The molecule has 0 aliphatic heterocycles. The zero-order chi connectivity index (χ0) is 23.4. The van der Waals surface area contributed by atoms with Gasteiger partial charge >= 0.3 is 5.97 Å². The number of hydrogen-bond acceptors (Lipinski definition) is 5. The summed E-state index contributed by atoms with van der Waals surface area (Å²) < 4.78 is 16.4. The third kappa shape index (κ3) is 5.54. The predicted octanol–water partition coefficient (Wildman–Crippen LogP) is 6.54. The molecule has 33 heavy (non-hydrogen) atoms. The molecule has 0 aliphatic carbocycles. The van der Waals surface area contributed by atoms with Crippen molar-refractivity contribution in [2.24, 2.45) is 0 Å². The van der Waals surface area contributed by atoms with Gasteiger partial charge in [0, 0.05) is 11.1 Å². The number of aryl methyl sites for hydroxylation is 1. The summed E-state index contributed by atoms with van der Waals surface area (Å²) in [6.45, 7) is 4.08. The van der Waals surface area contributed by atoms with Crippen LogP contribution in [0.5, 0.6) is 11.5 Å². The molecule has 1 N–H and O–H groups in total. The van der Waals surface area contributed by atoms with Gasteiger partial charge in [0.15, 0.2) is 5.76 Å². The van der Waals surface area contributed by atoms with Crippen LogP contribution in [0.4, 0.5) is 5.69 Å². The van der Waals surface area contributed by atoms with Crippen molar-refractivity contribution in [3.63, 3.8) is 0 Å². The molecule has 0 saturated heterocycles. The summed E-state index contributed by atoms with van der Waals surface area (Å²) >= 11 is 6.31. The maximum Gasteiger partial charge on any atom is 0.310 e. The molecule has 1 aromatic heterocycles. The van der Waals surface area contributed by atoms with Gasteiger partial charge in [-0.1, -0.05) is 29.3 Å². The second-order valence-corrected chi connectivity index (χ2v) is 7.89. The zero-order valence-electron chi connectivity index (χ0n) is 18.2. The van der Waals surface area contributed by atoms with E-state index in [9.17, 15) is 9.59 Å². The van der Waals surface area contributed by atoms with Gasteiger partial charge in [-0.25, -0.2) is 0 Å². The molecule has 168 valence electrons. The zero-order valence-corrected chi connectivity index (χ0v) is 18.9. The third-order valence-electron chi connectivity index (χ3n) is 4.89. The Morgan fingerprint density at radius 3 is 2.52 bits per heavy atom. The predicted molar refractivity (Wildman–Crippen MR) is 127 cm³/mol. The molecular formula is C26H22ClNO5. The van der Waals surface area contributed by atoms with Crippen LogP contribution in [0.25, 0.3) is 11.0 Å². The highest BCUT2D eigenvalue weighted by atomic mass is 35.5. The molecule has 0 radical (unpaired) electrons. The first kappa shape index (κ1) is 22.4. The first-order chi connectivity index (χ1) is 15.9. The van der Waals surface area contributed by atoms with E-state index >= 15 is 0 Å². The van der Waals surface area contributed by atoms with Gasteiger partial charge in [0.25, 0.3) is 5.91 Å². The van der Waals surface area contributed by atoms with E-state index in [2.05, 4.69) is 5.32 Å². The average Bonchev–Trinajstić information content (AvgIpc) is 3.20. The molecule has 1 heterocycles. The second kappa shape index (κ2) is 9.79. The van der Waals surface area contributed by atoms with Crippen molar-refractivity contribution in [3.8, 4) is 11.5 Å². The van der Waals surface area contributed by atoms with E-state index in [0.717, 1.165) is 16.5 Å². The molecule has 0 bridgehead atoms. The van der Waals surface area contributed by atoms with Crippen molar-refractivity contribution in [2.45, 2.75) is 20.3 Å². The van der Waals surface area contributed by atoms with Gasteiger partial charge in [-0.05, 0) is 74.0 Å². The van der Waals surface area contributed by atoms with Crippen LogP contribution in [-0.2, 0) is 16.0 Å². The van der Waals surface area contributed by atoms with E-state index in [4.69, 9.17) is 25.5 Å². The Kier molecular flexibility index (Phi) is 6.66. The molecule has 0 aliphatic rings. The van der Waals surface area contributed by atoms with Crippen LogP contribution < -0.4 is 10.1 Å². The molecule has 6 nitrogen and oxygen atoms in total. The molecule has 4 aromatic rings. The van der Waals surface area contributed by atoms with Crippen LogP contribution in [0.15, 0.2) is 71.1 Å². The van der Waals surface area contributed by atoms with Crippen LogP contribution in [0.1, 0.15) is 28.6 Å². The van der Waals surface area contributed by atoms with E-state index < -0.39 is 0 Å². The summed E-state index contributed by atoms with van der Waals surface area (Å²) in [5, 5.41) is 4.08. The van der Waals surface area contributed by atoms with Crippen molar-refractivity contribution < 1.29 is 23.5 Å². The van der Waals surface area contributed by atoms with Crippen LogP contribution in [-0.4, -0.2) is 18.5 Å². The fraction of sp³-hybridized carbons (Fsp3) is 0.154. The van der Waals surface area contributed by atoms with Crippen molar-refractivity contribution in [3.05, 3.63) is 88.6 Å². The number of furan rings is 1. The summed E-state index contributed by atoms with van der Waals surface area (Å²) in [4.78, 5) is 24.2. The number of amides is 1. The largest absolute Gasteiger partial charge is 0.466 e. The van der Waals surface area contributed by atoms with Gasteiger partial charge in [0.1, 0.15) is 17.1 Å². The maximum atomic E-state index is 12.6. The molecule has 0 fully saturated rings. The van der Waals surface area contributed by atoms with E-state index in [1.165, 1.54) is 0 Å². The Morgan fingerprint density at radius 2 is 1.79 bits per heavy atom. The number of anilines is 1. The molecule has 1 amide bonds. The van der Waals surface area contributed by atoms with Gasteiger partial charge in [0.2, 0.25) is 0 Å². The summed E-state index contributed by atoms with van der Waals surface area (Å²) in [6.07, 6.45) is 0.146. The van der Waals surface area contributed by atoms with Crippen LogP contribution in [0.3, 0.4) is 0 Å². The minimum absolute atomic E-state index is 0.146. The number of benzene rings is 3. The Labute approximate surface area is 196 Å². The lowest BCUT2D eigenvalue weighted by Crippen LogP contribution is -2.10. The summed E-state index contributed by atoms with van der Waals surface area (Å²) in [5.74, 6) is 0.604. The van der Waals surface area contributed by atoms with Gasteiger partial charge in [0.05, 0.1) is 18.1 Å². The number of rotatable bonds is 7. The monoisotopic (exact) mass is 463 g/mol. The first-order valence-electron chi connectivity index (χ1n) is 10.4. The Bertz CT molecular complexity index is 1310. The minimum atomic E-state index is -0.335. The number of carbonyl (C=O) groups excluding carboxylic acids is 2. The highest BCUT2D eigenvalue weighted by molar-refractivity contribution is 6.32. The summed E-state index contributed by atoms with van der Waals surface area (Å²) in [7, 11) is 0. The van der Waals surface area contributed by atoms with Crippen molar-refractivity contribution >= 4 is 40.1 Å². The van der Waals surface area contributed by atoms with Crippen molar-refractivity contribution in [1.82, 2.24) is 0 Å². The van der Waals surface area contributed by atoms with Crippen molar-refractivity contribution in [1.29, 1.82) is 0 Å². The highest BCUT2D eigenvalue weighted by Gasteiger charge is 2.13. The molecule has 3 aromatic carbocycles. The van der Waals surface area contributed by atoms with Gasteiger partial charge in [-0.3, -0.25) is 9.59 Å². The highest BCUT2D eigenvalue weighted by Crippen LogP contribution is 2.31. The number of ether oxygens (including phenoxy) is 2. The second-order valence-electron chi connectivity index (χ2n) is 7.48. The van der Waals surface area contributed by atoms with Gasteiger partial charge in [-0.2, -0.15) is 0 Å². The SMILES string of the molecule is CCOC(=O)Cc1ccc(Oc2ccc(NC(=O)c3cc4cc(C)ccc4o3)cc2)c(Cl)c1.